The predicted molar refractivity (Wildman–Crippen MR) is 81.1 cm³/mol. The highest BCUT2D eigenvalue weighted by atomic mass is 35.5. The molecule has 0 saturated heterocycles. The van der Waals surface area contributed by atoms with Crippen LogP contribution in [0.1, 0.15) is 16.1 Å². The summed E-state index contributed by atoms with van der Waals surface area (Å²) in [5.41, 5.74) is 7.98. The maximum atomic E-state index is 11.9. The van der Waals surface area contributed by atoms with Crippen molar-refractivity contribution in [3.05, 3.63) is 40.5 Å². The predicted octanol–water partition coefficient (Wildman–Crippen LogP) is 1.96. The minimum Gasteiger partial charge on any atom is -0.365 e. The molecule has 0 bridgehead atoms. The van der Waals surface area contributed by atoms with E-state index in [4.69, 9.17) is 22.6 Å². The topological polar surface area (TPSA) is 84.7 Å². The Morgan fingerprint density at radius 3 is 3.00 bits per heavy atom. The quantitative estimate of drug-likeness (QED) is 0.860. The van der Waals surface area contributed by atoms with Crippen molar-refractivity contribution >= 4 is 24.2 Å². The van der Waals surface area contributed by atoms with E-state index in [9.17, 15) is 4.79 Å². The van der Waals surface area contributed by atoms with Crippen molar-refractivity contribution in [2.75, 3.05) is 0 Å². The molecule has 0 atom stereocenters. The third kappa shape index (κ3) is 2.41. The number of aryl methyl sites for hydroxylation is 1. The van der Waals surface area contributed by atoms with Crippen LogP contribution >= 0.6 is 11.6 Å². The Hall–Kier alpha value is -2.26. The third-order valence-corrected chi connectivity index (χ3v) is 3.95. The van der Waals surface area contributed by atoms with Crippen LogP contribution in [0.2, 0.25) is 11.3 Å². The summed E-state index contributed by atoms with van der Waals surface area (Å²) in [6.45, 7) is 0.522. The monoisotopic (exact) mass is 298 g/mol. The number of hydrogen-bond donors (Lipinski definition) is 1. The van der Waals surface area contributed by atoms with E-state index in [2.05, 4.69) is 11.1 Å². The first-order valence-corrected chi connectivity index (χ1v) is 7.03. The van der Waals surface area contributed by atoms with Gasteiger partial charge in [0.05, 0.1) is 5.56 Å². The van der Waals surface area contributed by atoms with Crippen molar-refractivity contribution in [1.29, 1.82) is 5.26 Å². The van der Waals surface area contributed by atoms with Gasteiger partial charge in [0.15, 0.2) is 0 Å². The number of carbonyl (C=O) groups excluding carboxylic acids is 1. The van der Waals surface area contributed by atoms with Gasteiger partial charge in [0.25, 0.3) is 12.6 Å². The summed E-state index contributed by atoms with van der Waals surface area (Å²) in [5.74, 6) is 1.73. The Bertz CT molecular complexity index is 765. The molecule has 1 aromatic carbocycles. The van der Waals surface area contributed by atoms with E-state index in [0.29, 0.717) is 29.1 Å². The zero-order chi connectivity index (χ0) is 15.0. The molecule has 2 aromatic rings. The van der Waals surface area contributed by atoms with Crippen molar-refractivity contribution < 1.29 is 4.79 Å². The number of rotatable bonds is 2. The molecule has 7 heteroatoms. The summed E-state index contributed by atoms with van der Waals surface area (Å²) in [6.07, 6.45) is 1.24. The molecule has 0 radical (unpaired) electrons. The second-order valence-corrected chi connectivity index (χ2v) is 5.52. The van der Waals surface area contributed by atoms with E-state index in [-0.39, 0.29) is 6.71 Å². The number of primary amides is 1. The van der Waals surface area contributed by atoms with Crippen LogP contribution in [0.3, 0.4) is 0 Å². The van der Waals surface area contributed by atoms with Gasteiger partial charge in [-0.2, -0.15) is 5.10 Å². The molecule has 2 N–H and O–H groups in total. The van der Waals surface area contributed by atoms with E-state index in [1.807, 2.05) is 6.07 Å². The molecule has 1 aromatic heterocycles. The first-order valence-electron chi connectivity index (χ1n) is 6.65. The fraction of sp³-hybridized carbons (Fsp3) is 0.214. The molecular formula is C14H12BClN4O. The normalized spacial score (nSPS) is 13.6. The zero-order valence-corrected chi connectivity index (χ0v) is 12.0. The van der Waals surface area contributed by atoms with Gasteiger partial charge in [-0.15, -0.1) is 0 Å². The van der Waals surface area contributed by atoms with Crippen molar-refractivity contribution in [2.24, 2.45) is 5.73 Å². The number of nitriles is 1. The lowest BCUT2D eigenvalue weighted by Crippen LogP contribution is -2.28. The van der Waals surface area contributed by atoms with Crippen LogP contribution < -0.4 is 5.73 Å². The number of carbonyl (C=O) groups is 1. The fourth-order valence-corrected chi connectivity index (χ4v) is 2.90. The Labute approximate surface area is 127 Å². The van der Waals surface area contributed by atoms with Crippen molar-refractivity contribution in [3.8, 4) is 17.2 Å². The lowest BCUT2D eigenvalue weighted by molar-refractivity contribution is 0.1000. The van der Waals surface area contributed by atoms with Crippen LogP contribution in [-0.2, 0) is 12.9 Å². The highest BCUT2D eigenvalue weighted by molar-refractivity contribution is 6.66. The first-order chi connectivity index (χ1) is 10.1. The Morgan fingerprint density at radius 1 is 1.52 bits per heavy atom. The molecule has 3 rings (SSSR count). The highest BCUT2D eigenvalue weighted by Gasteiger charge is 2.30. The standard InChI is InChI=1S/C14H12BClN4O/c16-10-3-1-2-9(6-10)13-12(14(18)21)11-7-15(8-17)4-5-20(11)19-13/h1-3,6H,4-5,7H2,(H2,18,21). The molecule has 5 nitrogen and oxygen atoms in total. The largest absolute Gasteiger partial charge is 0.365 e. The van der Waals surface area contributed by atoms with Crippen LogP contribution in [0.15, 0.2) is 24.3 Å². The van der Waals surface area contributed by atoms with Gasteiger partial charge in [-0.1, -0.05) is 23.7 Å². The minimum atomic E-state index is -0.523. The molecule has 1 aliphatic heterocycles. The zero-order valence-electron chi connectivity index (χ0n) is 11.2. The van der Waals surface area contributed by atoms with E-state index < -0.39 is 5.91 Å². The number of amides is 1. The Morgan fingerprint density at radius 2 is 2.33 bits per heavy atom. The molecule has 1 aliphatic rings. The lowest BCUT2D eigenvalue weighted by atomic mass is 9.45. The number of nitrogens with zero attached hydrogens (tertiary/aromatic N) is 3. The molecular weight excluding hydrogens is 286 g/mol. The average Bonchev–Trinajstić information content (AvgIpc) is 2.85. The summed E-state index contributed by atoms with van der Waals surface area (Å²) < 4.78 is 1.78. The molecule has 0 spiro atoms. The number of nitrogens with two attached hydrogens (primary N) is 1. The van der Waals surface area contributed by atoms with Gasteiger partial charge in [-0.25, -0.2) is 5.26 Å². The summed E-state index contributed by atoms with van der Waals surface area (Å²) in [4.78, 5) is 11.9. The molecule has 21 heavy (non-hydrogen) atoms. The maximum Gasteiger partial charge on any atom is 0.275 e. The van der Waals surface area contributed by atoms with Crippen molar-refractivity contribution in [2.45, 2.75) is 19.2 Å². The minimum absolute atomic E-state index is 0.0977. The van der Waals surface area contributed by atoms with Crippen LogP contribution in [0.5, 0.6) is 0 Å². The second kappa shape index (κ2) is 5.26. The van der Waals surface area contributed by atoms with Gasteiger partial charge in [-0.3, -0.25) is 9.48 Å². The molecule has 0 saturated carbocycles. The molecule has 104 valence electrons. The number of benzene rings is 1. The van der Waals surface area contributed by atoms with Gasteiger partial charge in [0, 0.05) is 28.8 Å². The Kier molecular flexibility index (Phi) is 3.44. The molecule has 1 amide bonds. The summed E-state index contributed by atoms with van der Waals surface area (Å²) >= 11 is 6.01. The molecule has 2 heterocycles. The van der Waals surface area contributed by atoms with Gasteiger partial charge >= 0.3 is 0 Å². The SMILES string of the molecule is N#CB1CCn2nc(-c3cccc(Cl)c3)c(C(N)=O)c2C1. The van der Waals surface area contributed by atoms with Crippen LogP contribution in [0.25, 0.3) is 11.3 Å². The summed E-state index contributed by atoms with van der Waals surface area (Å²) in [5, 5.41) is 14.2. The van der Waals surface area contributed by atoms with Gasteiger partial charge in [-0.05, 0) is 24.8 Å². The summed E-state index contributed by atoms with van der Waals surface area (Å²) in [6, 6.07) is 7.16. The number of fused-ring (bicyclic) bond motifs is 1. The first kappa shape index (κ1) is 13.7. The fourth-order valence-electron chi connectivity index (χ4n) is 2.71. The maximum absolute atomic E-state index is 11.9. The number of halogens is 1. The second-order valence-electron chi connectivity index (χ2n) is 5.09. The van der Waals surface area contributed by atoms with Crippen molar-refractivity contribution in [3.63, 3.8) is 0 Å². The van der Waals surface area contributed by atoms with E-state index in [1.165, 1.54) is 0 Å². The summed E-state index contributed by atoms with van der Waals surface area (Å²) in [7, 11) is 0. The van der Waals surface area contributed by atoms with Gasteiger partial charge in [0.2, 0.25) is 0 Å². The van der Waals surface area contributed by atoms with Gasteiger partial charge < -0.3 is 5.73 Å². The van der Waals surface area contributed by atoms with Crippen LogP contribution in [0, 0.1) is 11.2 Å². The number of aromatic nitrogens is 2. The van der Waals surface area contributed by atoms with Crippen molar-refractivity contribution in [1.82, 2.24) is 9.78 Å². The molecule has 0 unspecified atom stereocenters. The van der Waals surface area contributed by atoms with E-state index >= 15 is 0 Å². The van der Waals surface area contributed by atoms with Crippen LogP contribution in [0.4, 0.5) is 0 Å². The third-order valence-electron chi connectivity index (χ3n) is 3.71. The lowest BCUT2D eigenvalue weighted by Gasteiger charge is -2.15. The van der Waals surface area contributed by atoms with E-state index in [0.717, 1.165) is 17.6 Å². The Balaban J connectivity index is 2.17. The average molecular weight is 299 g/mol. The molecule has 0 aliphatic carbocycles. The van der Waals surface area contributed by atoms with Gasteiger partial charge in [0.1, 0.15) is 5.69 Å². The highest BCUT2D eigenvalue weighted by Crippen LogP contribution is 2.30. The van der Waals surface area contributed by atoms with Crippen LogP contribution in [-0.4, -0.2) is 22.4 Å². The number of hydrogen-bond acceptors (Lipinski definition) is 3. The smallest absolute Gasteiger partial charge is 0.275 e. The molecule has 0 fully saturated rings. The van der Waals surface area contributed by atoms with E-state index in [1.54, 1.807) is 22.9 Å².